The molecule has 0 unspecified atom stereocenters. The highest BCUT2D eigenvalue weighted by atomic mass is 16.5. The van der Waals surface area contributed by atoms with Crippen LogP contribution < -0.4 is 14.8 Å². The third-order valence-electron chi connectivity index (χ3n) is 3.90. The molecule has 0 saturated carbocycles. The van der Waals surface area contributed by atoms with Crippen molar-refractivity contribution in [2.24, 2.45) is 0 Å². The van der Waals surface area contributed by atoms with Crippen molar-refractivity contribution < 1.29 is 14.3 Å². The van der Waals surface area contributed by atoms with Gasteiger partial charge in [0.2, 0.25) is 5.91 Å². The van der Waals surface area contributed by atoms with Crippen LogP contribution in [0.1, 0.15) is 19.4 Å². The van der Waals surface area contributed by atoms with E-state index >= 15 is 0 Å². The summed E-state index contributed by atoms with van der Waals surface area (Å²) >= 11 is 0. The Labute approximate surface area is 153 Å². The van der Waals surface area contributed by atoms with E-state index in [1.165, 1.54) is 0 Å². The van der Waals surface area contributed by atoms with E-state index in [0.29, 0.717) is 30.4 Å². The monoisotopic (exact) mass is 350 g/mol. The van der Waals surface area contributed by atoms with Gasteiger partial charge in [0.05, 0.1) is 30.8 Å². The number of benzene rings is 2. The molecule has 0 atom stereocenters. The lowest BCUT2D eigenvalue weighted by molar-refractivity contribution is -0.115. The Kier molecular flexibility index (Phi) is 5.69. The summed E-state index contributed by atoms with van der Waals surface area (Å²) in [6.45, 7) is 4.90. The minimum atomic E-state index is -0.127. The standard InChI is InChI=1S/C21H22N2O3/c1-3-25-17-10-11-19(26-4-2)18(14-17)23-20(24)13-16-8-5-7-15-9-6-12-22-21(15)16/h5-12,14H,3-4,13H2,1-2H3,(H,23,24). The number of nitrogens with zero attached hydrogens (tertiary/aromatic N) is 1. The molecule has 134 valence electrons. The molecule has 26 heavy (non-hydrogen) atoms. The van der Waals surface area contributed by atoms with E-state index in [1.807, 2.05) is 56.3 Å². The summed E-state index contributed by atoms with van der Waals surface area (Å²) < 4.78 is 11.1. The molecule has 0 spiro atoms. The van der Waals surface area contributed by atoms with Crippen molar-refractivity contribution in [3.63, 3.8) is 0 Å². The van der Waals surface area contributed by atoms with Crippen molar-refractivity contribution in [1.29, 1.82) is 0 Å². The Morgan fingerprint density at radius 3 is 2.65 bits per heavy atom. The number of nitrogens with one attached hydrogen (secondary N) is 1. The van der Waals surface area contributed by atoms with E-state index in [2.05, 4.69) is 10.3 Å². The first-order valence-corrected chi connectivity index (χ1v) is 8.73. The number of hydrogen-bond donors (Lipinski definition) is 1. The Hall–Kier alpha value is -3.08. The molecule has 1 aromatic heterocycles. The van der Waals surface area contributed by atoms with Crippen molar-refractivity contribution in [1.82, 2.24) is 4.98 Å². The fourth-order valence-corrected chi connectivity index (χ4v) is 2.82. The molecule has 3 aromatic rings. The Morgan fingerprint density at radius 2 is 1.85 bits per heavy atom. The molecule has 0 bridgehead atoms. The van der Waals surface area contributed by atoms with Crippen LogP contribution >= 0.6 is 0 Å². The molecule has 0 aliphatic carbocycles. The Bertz CT molecular complexity index is 903. The largest absolute Gasteiger partial charge is 0.494 e. The van der Waals surface area contributed by atoms with Crippen LogP contribution in [0, 0.1) is 0 Å². The van der Waals surface area contributed by atoms with Crippen LogP contribution in [0.3, 0.4) is 0 Å². The van der Waals surface area contributed by atoms with Crippen LogP contribution in [0.5, 0.6) is 11.5 Å². The molecule has 0 fully saturated rings. The molecule has 2 aromatic carbocycles. The van der Waals surface area contributed by atoms with Crippen LogP contribution in [0.4, 0.5) is 5.69 Å². The van der Waals surface area contributed by atoms with Crippen LogP contribution in [0.15, 0.2) is 54.7 Å². The first-order chi connectivity index (χ1) is 12.7. The second-order valence-corrected chi connectivity index (χ2v) is 5.74. The first kappa shape index (κ1) is 17.7. The zero-order valence-corrected chi connectivity index (χ0v) is 15.0. The SMILES string of the molecule is CCOc1ccc(OCC)c(NC(=O)Cc2cccc3cccnc23)c1. The number of carbonyl (C=O) groups excluding carboxylic acids is 1. The van der Waals surface area contributed by atoms with Gasteiger partial charge < -0.3 is 14.8 Å². The van der Waals surface area contributed by atoms with Crippen molar-refractivity contribution in [2.45, 2.75) is 20.3 Å². The number of fused-ring (bicyclic) bond motifs is 1. The third kappa shape index (κ3) is 4.11. The maximum absolute atomic E-state index is 12.6. The van der Waals surface area contributed by atoms with Gasteiger partial charge in [-0.1, -0.05) is 24.3 Å². The zero-order chi connectivity index (χ0) is 18.4. The van der Waals surface area contributed by atoms with Gasteiger partial charge in [-0.05, 0) is 37.6 Å². The maximum atomic E-state index is 12.6. The summed E-state index contributed by atoms with van der Waals surface area (Å²) in [6.07, 6.45) is 1.97. The van der Waals surface area contributed by atoms with Gasteiger partial charge in [0.15, 0.2) is 0 Å². The second kappa shape index (κ2) is 8.34. The van der Waals surface area contributed by atoms with E-state index in [0.717, 1.165) is 16.5 Å². The Morgan fingerprint density at radius 1 is 1.04 bits per heavy atom. The number of carbonyl (C=O) groups is 1. The number of ether oxygens (including phenoxy) is 2. The average Bonchev–Trinajstić information content (AvgIpc) is 2.64. The summed E-state index contributed by atoms with van der Waals surface area (Å²) in [5.41, 5.74) is 2.34. The molecule has 5 nitrogen and oxygen atoms in total. The van der Waals surface area contributed by atoms with Crippen LogP contribution in [0.25, 0.3) is 10.9 Å². The number of para-hydroxylation sites is 1. The smallest absolute Gasteiger partial charge is 0.228 e. The fraction of sp³-hybridized carbons (Fsp3) is 0.238. The summed E-state index contributed by atoms with van der Waals surface area (Å²) in [6, 6.07) is 15.2. The van der Waals surface area contributed by atoms with Gasteiger partial charge in [-0.2, -0.15) is 0 Å². The molecule has 0 aliphatic heterocycles. The highest BCUT2D eigenvalue weighted by Crippen LogP contribution is 2.29. The van der Waals surface area contributed by atoms with Crippen LogP contribution in [-0.4, -0.2) is 24.1 Å². The fourth-order valence-electron chi connectivity index (χ4n) is 2.82. The highest BCUT2D eigenvalue weighted by Gasteiger charge is 2.12. The molecular weight excluding hydrogens is 328 g/mol. The van der Waals surface area contributed by atoms with Gasteiger partial charge in [0.25, 0.3) is 0 Å². The molecule has 0 radical (unpaired) electrons. The van der Waals surface area contributed by atoms with E-state index < -0.39 is 0 Å². The number of rotatable bonds is 7. The van der Waals surface area contributed by atoms with Crippen LogP contribution in [0.2, 0.25) is 0 Å². The van der Waals surface area contributed by atoms with Gasteiger partial charge in [-0.15, -0.1) is 0 Å². The maximum Gasteiger partial charge on any atom is 0.228 e. The Balaban J connectivity index is 1.81. The molecule has 5 heteroatoms. The van der Waals surface area contributed by atoms with Gasteiger partial charge in [-0.3, -0.25) is 9.78 Å². The van der Waals surface area contributed by atoms with E-state index in [1.54, 1.807) is 12.3 Å². The van der Waals surface area contributed by atoms with Crippen LogP contribution in [-0.2, 0) is 11.2 Å². The average molecular weight is 350 g/mol. The molecule has 1 heterocycles. The van der Waals surface area contributed by atoms with E-state index in [-0.39, 0.29) is 12.3 Å². The number of pyridine rings is 1. The quantitative estimate of drug-likeness (QED) is 0.693. The summed E-state index contributed by atoms with van der Waals surface area (Å²) in [7, 11) is 0. The molecule has 0 aliphatic rings. The predicted octanol–water partition coefficient (Wildman–Crippen LogP) is 4.21. The molecular formula is C21H22N2O3. The van der Waals surface area contributed by atoms with Gasteiger partial charge in [-0.25, -0.2) is 0 Å². The number of amides is 1. The minimum absolute atomic E-state index is 0.127. The number of anilines is 1. The topological polar surface area (TPSA) is 60.5 Å². The molecule has 1 N–H and O–H groups in total. The minimum Gasteiger partial charge on any atom is -0.494 e. The van der Waals surface area contributed by atoms with Gasteiger partial charge in [0.1, 0.15) is 11.5 Å². The first-order valence-electron chi connectivity index (χ1n) is 8.73. The lowest BCUT2D eigenvalue weighted by Crippen LogP contribution is -2.15. The van der Waals surface area contributed by atoms with Gasteiger partial charge >= 0.3 is 0 Å². The zero-order valence-electron chi connectivity index (χ0n) is 15.0. The molecule has 1 amide bonds. The highest BCUT2D eigenvalue weighted by molar-refractivity contribution is 5.96. The second-order valence-electron chi connectivity index (χ2n) is 5.74. The number of hydrogen-bond acceptors (Lipinski definition) is 4. The lowest BCUT2D eigenvalue weighted by Gasteiger charge is -2.14. The van der Waals surface area contributed by atoms with Gasteiger partial charge in [0, 0.05) is 17.6 Å². The van der Waals surface area contributed by atoms with E-state index in [4.69, 9.17) is 9.47 Å². The van der Waals surface area contributed by atoms with Crippen molar-refractivity contribution in [2.75, 3.05) is 18.5 Å². The number of aromatic nitrogens is 1. The lowest BCUT2D eigenvalue weighted by atomic mass is 10.1. The molecule has 0 saturated heterocycles. The summed E-state index contributed by atoms with van der Waals surface area (Å²) in [5, 5.41) is 3.96. The predicted molar refractivity (Wildman–Crippen MR) is 103 cm³/mol. The van der Waals surface area contributed by atoms with Crippen molar-refractivity contribution >= 4 is 22.5 Å². The van der Waals surface area contributed by atoms with Crippen molar-refractivity contribution in [3.8, 4) is 11.5 Å². The third-order valence-corrected chi connectivity index (χ3v) is 3.90. The van der Waals surface area contributed by atoms with Crippen molar-refractivity contribution in [3.05, 3.63) is 60.3 Å². The molecule has 3 rings (SSSR count). The summed E-state index contributed by atoms with van der Waals surface area (Å²) in [4.78, 5) is 17.0. The van der Waals surface area contributed by atoms with E-state index in [9.17, 15) is 4.79 Å². The summed E-state index contributed by atoms with van der Waals surface area (Å²) in [5.74, 6) is 1.19. The normalized spacial score (nSPS) is 10.5.